The fourth-order valence-electron chi connectivity index (χ4n) is 2.75. The summed E-state index contributed by atoms with van der Waals surface area (Å²) in [7, 11) is 0. The molecule has 2 rings (SSSR count). The van der Waals surface area contributed by atoms with E-state index in [9.17, 15) is 15.0 Å². The SMILES string of the molecule is CC.CC.CC.CC.Cc1cc(Oc2c(C)cc(C[C@H](N)C(=O)[O-])cc2C)cc(C)c1O.[Na+]. The molecule has 0 aromatic heterocycles. The largest absolute Gasteiger partial charge is 1.00 e. The van der Waals surface area contributed by atoms with Crippen molar-refractivity contribution in [3.63, 3.8) is 0 Å². The van der Waals surface area contributed by atoms with Crippen molar-refractivity contribution < 1.29 is 49.3 Å². The van der Waals surface area contributed by atoms with E-state index in [1.54, 1.807) is 12.1 Å². The Labute approximate surface area is 225 Å². The van der Waals surface area contributed by atoms with Crippen molar-refractivity contribution in [2.45, 2.75) is 95.5 Å². The van der Waals surface area contributed by atoms with E-state index in [0.29, 0.717) is 11.5 Å². The summed E-state index contributed by atoms with van der Waals surface area (Å²) in [6.45, 7) is 23.4. The average Bonchev–Trinajstić information content (AvgIpc) is 2.80. The molecule has 5 nitrogen and oxygen atoms in total. The first-order chi connectivity index (χ1) is 15.2. The summed E-state index contributed by atoms with van der Waals surface area (Å²) < 4.78 is 5.99. The Hall–Kier alpha value is -1.53. The summed E-state index contributed by atoms with van der Waals surface area (Å²) in [6, 6.07) is 6.26. The number of aliphatic carboxylic acids is 1. The normalized spacial score (nSPS) is 9.48. The molecule has 0 saturated heterocycles. The van der Waals surface area contributed by atoms with E-state index in [4.69, 9.17) is 10.5 Å². The van der Waals surface area contributed by atoms with Gasteiger partial charge in [-0.3, -0.25) is 0 Å². The summed E-state index contributed by atoms with van der Waals surface area (Å²) in [5.41, 5.74) is 9.64. The van der Waals surface area contributed by atoms with Crippen LogP contribution in [0.15, 0.2) is 24.3 Å². The van der Waals surface area contributed by atoms with Crippen molar-refractivity contribution in [3.8, 4) is 17.2 Å². The Morgan fingerprint density at radius 3 is 1.55 bits per heavy atom. The smallest absolute Gasteiger partial charge is 0.548 e. The number of carbonyl (C=O) groups is 1. The molecule has 6 heteroatoms. The third kappa shape index (κ3) is 13.7. The molecule has 0 spiro atoms. The molecule has 0 unspecified atom stereocenters. The summed E-state index contributed by atoms with van der Waals surface area (Å²) in [6.07, 6.45) is 0.210. The summed E-state index contributed by atoms with van der Waals surface area (Å²) in [5, 5.41) is 20.6. The molecule has 2 aromatic rings. The molecule has 0 aliphatic carbocycles. The maximum Gasteiger partial charge on any atom is 1.00 e. The molecule has 2 aromatic carbocycles. The number of rotatable bonds is 5. The zero-order valence-electron chi connectivity index (χ0n) is 23.3. The van der Waals surface area contributed by atoms with Crippen molar-refractivity contribution >= 4 is 5.97 Å². The van der Waals surface area contributed by atoms with Gasteiger partial charge in [-0.2, -0.15) is 0 Å². The van der Waals surface area contributed by atoms with Gasteiger partial charge in [-0.05, 0) is 74.1 Å². The predicted octanol–water partition coefficient (Wildman–Crippen LogP) is 3.15. The molecule has 3 N–H and O–H groups in total. The van der Waals surface area contributed by atoms with Crippen LogP contribution >= 0.6 is 0 Å². The van der Waals surface area contributed by atoms with Gasteiger partial charge in [0.25, 0.3) is 0 Å². The number of carboxylic acid groups (broad SMARTS) is 1. The minimum atomic E-state index is -1.26. The Balaban J connectivity index is -0.000000421. The van der Waals surface area contributed by atoms with Gasteiger partial charge < -0.3 is 25.5 Å². The third-order valence-electron chi connectivity index (χ3n) is 3.96. The van der Waals surface area contributed by atoms with Gasteiger partial charge in [0.15, 0.2) is 0 Å². The van der Waals surface area contributed by atoms with Crippen molar-refractivity contribution in [1.82, 2.24) is 0 Å². The molecular weight excluding hydrogens is 425 g/mol. The Morgan fingerprint density at radius 2 is 1.21 bits per heavy atom. The van der Waals surface area contributed by atoms with Crippen molar-refractivity contribution in [2.24, 2.45) is 5.73 Å². The number of phenolic OH excluding ortho intramolecular Hbond substituents is 1. The van der Waals surface area contributed by atoms with Crippen LogP contribution < -0.4 is 45.1 Å². The fourth-order valence-corrected chi connectivity index (χ4v) is 2.75. The molecule has 1 atom stereocenters. The number of hydrogen-bond donors (Lipinski definition) is 2. The first-order valence-electron chi connectivity index (χ1n) is 11.7. The summed E-state index contributed by atoms with van der Waals surface area (Å²) in [4.78, 5) is 10.8. The third-order valence-corrected chi connectivity index (χ3v) is 3.96. The van der Waals surface area contributed by atoms with Gasteiger partial charge in [-0.15, -0.1) is 0 Å². The fraction of sp³-hybridized carbons (Fsp3) is 0.519. The molecule has 33 heavy (non-hydrogen) atoms. The Morgan fingerprint density at radius 1 is 0.848 bits per heavy atom. The molecular formula is C27H46NNaO4. The second kappa shape index (κ2) is 22.3. The molecule has 0 bridgehead atoms. The standard InChI is InChI=1S/C19H23NO4.4C2H6.Na/c1-10-7-15(8-11(2)17(10)21)24-18-12(3)5-14(6-13(18)4)9-16(20)19(22)23;4*1-2;/h5-8,16,21H,9,20H2,1-4H3,(H,22,23);4*1-2H3;/q;;;;;+1/p-1/t16-;;;;;/m0...../s1. The number of benzene rings is 2. The maximum absolute atomic E-state index is 10.8. The van der Waals surface area contributed by atoms with E-state index in [1.165, 1.54) is 0 Å². The summed E-state index contributed by atoms with van der Waals surface area (Å²) in [5.74, 6) is 0.363. The van der Waals surface area contributed by atoms with E-state index < -0.39 is 12.0 Å². The van der Waals surface area contributed by atoms with Crippen LogP contribution in [-0.4, -0.2) is 17.1 Å². The number of aromatic hydroxyl groups is 1. The van der Waals surface area contributed by atoms with Crippen molar-refractivity contribution in [1.29, 1.82) is 0 Å². The first-order valence-corrected chi connectivity index (χ1v) is 11.7. The van der Waals surface area contributed by atoms with Gasteiger partial charge in [-0.25, -0.2) is 0 Å². The number of phenols is 1. The van der Waals surface area contributed by atoms with Crippen LogP contribution in [0.2, 0.25) is 0 Å². The van der Waals surface area contributed by atoms with Crippen molar-refractivity contribution in [2.75, 3.05) is 0 Å². The number of nitrogens with two attached hydrogens (primary N) is 1. The van der Waals surface area contributed by atoms with E-state index in [-0.39, 0.29) is 41.7 Å². The van der Waals surface area contributed by atoms with Gasteiger partial charge in [0, 0.05) is 6.04 Å². The van der Waals surface area contributed by atoms with E-state index in [1.807, 2.05) is 95.2 Å². The number of carbonyl (C=O) groups excluding carboxylic acids is 1. The molecule has 0 saturated carbocycles. The first kappa shape index (κ1) is 38.7. The van der Waals surface area contributed by atoms with Crippen molar-refractivity contribution in [3.05, 3.63) is 52.1 Å². The van der Waals surface area contributed by atoms with E-state index in [0.717, 1.165) is 27.8 Å². The van der Waals surface area contributed by atoms with Crippen LogP contribution in [0.25, 0.3) is 0 Å². The molecule has 0 amide bonds. The van der Waals surface area contributed by atoms with Gasteiger partial charge in [0.2, 0.25) is 0 Å². The minimum absolute atomic E-state index is 0. The van der Waals surface area contributed by atoms with Gasteiger partial charge in [0.05, 0.1) is 5.97 Å². The Bertz CT molecular complexity index is 746. The molecule has 0 radical (unpaired) electrons. The zero-order valence-corrected chi connectivity index (χ0v) is 25.3. The topological polar surface area (TPSA) is 95.6 Å². The molecule has 184 valence electrons. The van der Waals surface area contributed by atoms with Gasteiger partial charge in [-0.1, -0.05) is 67.5 Å². The number of ether oxygens (including phenoxy) is 1. The number of hydrogen-bond acceptors (Lipinski definition) is 5. The van der Waals surface area contributed by atoms with Crippen LogP contribution in [0.5, 0.6) is 17.2 Å². The monoisotopic (exact) mass is 471 g/mol. The predicted molar refractivity (Wildman–Crippen MR) is 136 cm³/mol. The van der Waals surface area contributed by atoms with Crippen LogP contribution in [0, 0.1) is 27.7 Å². The molecule has 0 fully saturated rings. The molecule has 0 heterocycles. The second-order valence-corrected chi connectivity index (χ2v) is 6.20. The van der Waals surface area contributed by atoms with Crippen LogP contribution in [-0.2, 0) is 11.2 Å². The zero-order chi connectivity index (χ0) is 26.0. The van der Waals surface area contributed by atoms with Gasteiger partial charge in [0.1, 0.15) is 17.2 Å². The van der Waals surface area contributed by atoms with Gasteiger partial charge >= 0.3 is 29.6 Å². The minimum Gasteiger partial charge on any atom is -0.548 e. The van der Waals surface area contributed by atoms with Crippen LogP contribution in [0.3, 0.4) is 0 Å². The van der Waals surface area contributed by atoms with E-state index >= 15 is 0 Å². The average molecular weight is 472 g/mol. The van der Waals surface area contributed by atoms with E-state index in [2.05, 4.69) is 0 Å². The summed E-state index contributed by atoms with van der Waals surface area (Å²) >= 11 is 0. The second-order valence-electron chi connectivity index (χ2n) is 6.20. The Kier molecular flexibility index (Phi) is 26.1. The molecule has 0 aliphatic rings. The molecule has 0 aliphatic heterocycles. The van der Waals surface area contributed by atoms with Crippen LogP contribution in [0.4, 0.5) is 0 Å². The number of carboxylic acids is 1. The maximum atomic E-state index is 10.8. The van der Waals surface area contributed by atoms with Crippen LogP contribution in [0.1, 0.15) is 83.2 Å². The quantitative estimate of drug-likeness (QED) is 0.653. The number of aryl methyl sites for hydroxylation is 4.